The highest BCUT2D eigenvalue weighted by molar-refractivity contribution is 6.46. The largest absolute Gasteiger partial charge is 0.507 e. The summed E-state index contributed by atoms with van der Waals surface area (Å²) in [6, 6.07) is 5.57. The van der Waals surface area contributed by atoms with E-state index in [2.05, 4.69) is 0 Å². The number of unbranched alkanes of at least 4 members (excludes halogenated alkanes) is 1. The maximum absolute atomic E-state index is 12.9. The number of aliphatic hydroxyl groups is 1. The van der Waals surface area contributed by atoms with Gasteiger partial charge in [0.15, 0.2) is 0 Å². The van der Waals surface area contributed by atoms with Crippen molar-refractivity contribution in [3.8, 4) is 11.5 Å². The zero-order chi connectivity index (χ0) is 22.0. The highest BCUT2D eigenvalue weighted by Gasteiger charge is 2.47. The quantitative estimate of drug-likeness (QED) is 0.393. The normalized spacial score (nSPS) is 18.2. The highest BCUT2D eigenvalue weighted by atomic mass is 35.5. The van der Waals surface area contributed by atoms with Gasteiger partial charge in [-0.2, -0.15) is 0 Å². The molecule has 1 saturated heterocycles. The third-order valence-corrected chi connectivity index (χ3v) is 5.35. The molecule has 1 aromatic heterocycles. The molecule has 1 fully saturated rings. The maximum Gasteiger partial charge on any atom is 0.295 e. The van der Waals surface area contributed by atoms with Crippen molar-refractivity contribution in [2.45, 2.75) is 32.7 Å². The number of Topliss-reactive ketones (excluding diaryl/α,β-unsaturated/α-hetero) is 1. The number of hydrogen-bond donors (Lipinski definition) is 1. The van der Waals surface area contributed by atoms with Crippen LogP contribution in [0, 0.1) is 6.92 Å². The molecule has 1 N–H and O–H groups in total. The maximum atomic E-state index is 12.9. The number of carbonyl (C=O) groups excluding carboxylic acids is 2. The second-order valence-electron chi connectivity index (χ2n) is 6.98. The fourth-order valence-electron chi connectivity index (χ4n) is 3.53. The Hall–Kier alpha value is -2.93. The first-order valence-electron chi connectivity index (χ1n) is 9.60. The van der Waals surface area contributed by atoms with Crippen LogP contribution in [0.3, 0.4) is 0 Å². The van der Waals surface area contributed by atoms with Gasteiger partial charge in [-0.15, -0.1) is 0 Å². The predicted octanol–water partition coefficient (Wildman–Crippen LogP) is 4.48. The molecule has 8 heteroatoms. The van der Waals surface area contributed by atoms with E-state index in [9.17, 15) is 14.7 Å². The van der Waals surface area contributed by atoms with Crippen molar-refractivity contribution in [1.82, 2.24) is 4.90 Å². The van der Waals surface area contributed by atoms with Gasteiger partial charge in [0.2, 0.25) is 0 Å². The lowest BCUT2D eigenvalue weighted by atomic mass is 9.98. The number of carbonyl (C=O) groups is 2. The number of halogens is 1. The molecule has 1 aliphatic heterocycles. The number of likely N-dealkylation sites (tertiary alicyclic amines) is 1. The number of amides is 1. The van der Waals surface area contributed by atoms with Crippen molar-refractivity contribution >= 4 is 29.1 Å². The van der Waals surface area contributed by atoms with Crippen LogP contribution in [-0.4, -0.2) is 42.5 Å². The second kappa shape index (κ2) is 8.83. The second-order valence-corrected chi connectivity index (χ2v) is 7.39. The predicted molar refractivity (Wildman–Crippen MR) is 112 cm³/mol. The van der Waals surface area contributed by atoms with Gasteiger partial charge in [-0.1, -0.05) is 24.9 Å². The Morgan fingerprint density at radius 3 is 2.47 bits per heavy atom. The third-order valence-electron chi connectivity index (χ3n) is 5.05. The van der Waals surface area contributed by atoms with Crippen LogP contribution in [0.1, 0.15) is 42.9 Å². The minimum absolute atomic E-state index is 0.0648. The van der Waals surface area contributed by atoms with Crippen LogP contribution in [0.5, 0.6) is 11.5 Å². The van der Waals surface area contributed by atoms with Crippen LogP contribution in [0.4, 0.5) is 0 Å². The first kappa shape index (κ1) is 21.8. The molecule has 1 atom stereocenters. The first-order valence-corrected chi connectivity index (χ1v) is 9.98. The first-order chi connectivity index (χ1) is 14.3. The molecule has 1 aliphatic rings. The summed E-state index contributed by atoms with van der Waals surface area (Å²) >= 11 is 6.23. The van der Waals surface area contributed by atoms with Gasteiger partial charge < -0.3 is 23.9 Å². The molecule has 1 unspecified atom stereocenters. The lowest BCUT2D eigenvalue weighted by Gasteiger charge is -2.23. The Morgan fingerprint density at radius 2 is 1.90 bits per heavy atom. The number of ether oxygens (including phenoxy) is 2. The van der Waals surface area contributed by atoms with E-state index in [1.54, 1.807) is 19.1 Å². The number of aryl methyl sites for hydroxylation is 1. The molecule has 0 radical (unpaired) electrons. The Kier molecular flexibility index (Phi) is 6.41. The van der Waals surface area contributed by atoms with E-state index < -0.39 is 17.7 Å². The van der Waals surface area contributed by atoms with Crippen LogP contribution < -0.4 is 9.47 Å². The molecule has 1 aromatic carbocycles. The molecular formula is C22H24ClNO6. The summed E-state index contributed by atoms with van der Waals surface area (Å²) in [5, 5.41) is 11.4. The third kappa shape index (κ3) is 3.77. The van der Waals surface area contributed by atoms with Gasteiger partial charge in [0.05, 0.1) is 30.4 Å². The number of aliphatic hydroxyl groups excluding tert-OH is 1. The minimum Gasteiger partial charge on any atom is -0.507 e. The van der Waals surface area contributed by atoms with Crippen molar-refractivity contribution in [2.75, 3.05) is 20.8 Å². The summed E-state index contributed by atoms with van der Waals surface area (Å²) in [6.07, 6.45) is 1.55. The number of methoxy groups -OCH3 is 2. The fraction of sp³-hybridized carbons (Fsp3) is 0.364. The van der Waals surface area contributed by atoms with Crippen molar-refractivity contribution in [3.63, 3.8) is 0 Å². The van der Waals surface area contributed by atoms with E-state index in [1.165, 1.54) is 31.3 Å². The number of benzene rings is 1. The number of nitrogens with zero attached hydrogens (tertiary/aromatic N) is 1. The van der Waals surface area contributed by atoms with Gasteiger partial charge in [-0.05, 0) is 31.5 Å². The fourth-order valence-corrected chi connectivity index (χ4v) is 3.77. The topological polar surface area (TPSA) is 89.2 Å². The molecule has 0 bridgehead atoms. The summed E-state index contributed by atoms with van der Waals surface area (Å²) in [6.45, 7) is 4.13. The van der Waals surface area contributed by atoms with Crippen molar-refractivity contribution in [2.24, 2.45) is 0 Å². The smallest absolute Gasteiger partial charge is 0.295 e. The average molecular weight is 434 g/mol. The lowest BCUT2D eigenvalue weighted by Crippen LogP contribution is -2.30. The lowest BCUT2D eigenvalue weighted by molar-refractivity contribution is -0.140. The van der Waals surface area contributed by atoms with Crippen molar-refractivity contribution in [3.05, 3.63) is 51.9 Å². The van der Waals surface area contributed by atoms with Crippen LogP contribution in [-0.2, 0) is 9.59 Å². The van der Waals surface area contributed by atoms with Crippen molar-refractivity contribution < 1.29 is 28.6 Å². The van der Waals surface area contributed by atoms with Crippen LogP contribution >= 0.6 is 11.6 Å². The molecule has 0 spiro atoms. The van der Waals surface area contributed by atoms with E-state index in [0.29, 0.717) is 30.2 Å². The van der Waals surface area contributed by atoms with Gasteiger partial charge >= 0.3 is 0 Å². The molecule has 30 heavy (non-hydrogen) atoms. The number of ketones is 1. The highest BCUT2D eigenvalue weighted by Crippen LogP contribution is 2.43. The number of furan rings is 1. The molecule has 2 aromatic rings. The monoisotopic (exact) mass is 433 g/mol. The zero-order valence-corrected chi connectivity index (χ0v) is 18.1. The summed E-state index contributed by atoms with van der Waals surface area (Å²) < 4.78 is 16.3. The average Bonchev–Trinajstić information content (AvgIpc) is 3.27. The Labute approximate surface area is 179 Å². The molecule has 3 rings (SSSR count). The standard InChI is InChI=1S/C22H24ClNO6/c1-5-6-9-24-19(15-8-7-12(2)30-15)18(21(26)22(24)27)20(25)13-10-14(23)17(29-4)11-16(13)28-3/h7-8,10-11,19,25H,5-6,9H2,1-4H3/b20-18+. The Morgan fingerprint density at radius 1 is 1.20 bits per heavy atom. The van der Waals surface area contributed by atoms with E-state index in [-0.39, 0.29) is 27.7 Å². The van der Waals surface area contributed by atoms with E-state index >= 15 is 0 Å². The summed E-state index contributed by atoms with van der Waals surface area (Å²) in [4.78, 5) is 27.2. The zero-order valence-electron chi connectivity index (χ0n) is 17.3. The summed E-state index contributed by atoms with van der Waals surface area (Å²) in [7, 11) is 2.88. The number of hydrogen-bond acceptors (Lipinski definition) is 6. The van der Waals surface area contributed by atoms with Gasteiger partial charge in [0.25, 0.3) is 11.7 Å². The van der Waals surface area contributed by atoms with Gasteiger partial charge in [-0.25, -0.2) is 0 Å². The molecule has 0 aliphatic carbocycles. The van der Waals surface area contributed by atoms with Gasteiger partial charge in [0.1, 0.15) is 34.8 Å². The van der Waals surface area contributed by atoms with Crippen LogP contribution in [0.2, 0.25) is 5.02 Å². The van der Waals surface area contributed by atoms with E-state index in [4.69, 9.17) is 25.5 Å². The van der Waals surface area contributed by atoms with Crippen molar-refractivity contribution in [1.29, 1.82) is 0 Å². The molecule has 1 amide bonds. The summed E-state index contributed by atoms with van der Waals surface area (Å²) in [5.74, 6) is -0.194. The molecule has 0 saturated carbocycles. The van der Waals surface area contributed by atoms with E-state index in [0.717, 1.165) is 6.42 Å². The Balaban J connectivity index is 2.22. The molecular weight excluding hydrogens is 410 g/mol. The minimum atomic E-state index is -0.837. The van der Waals surface area contributed by atoms with Crippen LogP contribution in [0.15, 0.2) is 34.3 Å². The molecule has 160 valence electrons. The molecule has 7 nitrogen and oxygen atoms in total. The summed E-state index contributed by atoms with van der Waals surface area (Å²) in [5.41, 5.74) is 0.120. The van der Waals surface area contributed by atoms with Gasteiger partial charge in [-0.3, -0.25) is 9.59 Å². The number of rotatable bonds is 7. The van der Waals surface area contributed by atoms with Crippen LogP contribution in [0.25, 0.3) is 5.76 Å². The Bertz CT molecular complexity index is 1010. The van der Waals surface area contributed by atoms with Gasteiger partial charge in [0, 0.05) is 12.6 Å². The SMILES string of the molecule is CCCCN1C(=O)C(=O)/C(=C(/O)c2cc(Cl)c(OC)cc2OC)C1c1ccc(C)o1. The molecule has 2 heterocycles. The van der Waals surface area contributed by atoms with E-state index in [1.807, 2.05) is 6.92 Å².